The Hall–Kier alpha value is -3.41. The second kappa shape index (κ2) is 7.86. The predicted octanol–water partition coefficient (Wildman–Crippen LogP) is 3.66. The highest BCUT2D eigenvalue weighted by molar-refractivity contribution is 5.89. The molecule has 1 fully saturated rings. The molecule has 1 aliphatic heterocycles. The van der Waals surface area contributed by atoms with Crippen molar-refractivity contribution in [1.29, 1.82) is 0 Å². The standard InChI is InChI=1S/C21H20N4O2/c26-21-25(18(15-27-21)13-16-7-3-1-4-8-16)19-11-12-22-20(24-19)23-14-17-9-5-2-6-10-17/h1-12,18H,13-15H2,(H,22,23,24)/t18-/m1/s1. The van der Waals surface area contributed by atoms with E-state index in [4.69, 9.17) is 4.74 Å². The lowest BCUT2D eigenvalue weighted by Gasteiger charge is -2.20. The minimum absolute atomic E-state index is 0.0863. The number of benzene rings is 2. The summed E-state index contributed by atoms with van der Waals surface area (Å²) in [5, 5.41) is 3.20. The largest absolute Gasteiger partial charge is 0.447 e. The third-order valence-electron chi connectivity index (χ3n) is 4.46. The van der Waals surface area contributed by atoms with Gasteiger partial charge in [-0.2, -0.15) is 4.98 Å². The summed E-state index contributed by atoms with van der Waals surface area (Å²) in [5.41, 5.74) is 2.29. The van der Waals surface area contributed by atoms with Gasteiger partial charge in [0.1, 0.15) is 12.4 Å². The molecule has 2 aromatic carbocycles. The van der Waals surface area contributed by atoms with Crippen LogP contribution in [0.5, 0.6) is 0 Å². The predicted molar refractivity (Wildman–Crippen MR) is 104 cm³/mol. The van der Waals surface area contributed by atoms with E-state index in [2.05, 4.69) is 15.3 Å². The summed E-state index contributed by atoms with van der Waals surface area (Å²) in [6.45, 7) is 0.965. The lowest BCUT2D eigenvalue weighted by atomic mass is 10.1. The number of anilines is 2. The molecule has 27 heavy (non-hydrogen) atoms. The zero-order valence-corrected chi connectivity index (χ0v) is 14.8. The van der Waals surface area contributed by atoms with Gasteiger partial charge in [-0.15, -0.1) is 0 Å². The first-order valence-electron chi connectivity index (χ1n) is 8.90. The quantitative estimate of drug-likeness (QED) is 0.727. The van der Waals surface area contributed by atoms with Gasteiger partial charge >= 0.3 is 6.09 Å². The number of hydrogen-bond acceptors (Lipinski definition) is 5. The van der Waals surface area contributed by atoms with Crippen LogP contribution in [0.25, 0.3) is 0 Å². The highest BCUT2D eigenvalue weighted by Crippen LogP contribution is 2.24. The third-order valence-corrected chi connectivity index (χ3v) is 4.46. The summed E-state index contributed by atoms with van der Waals surface area (Å²) in [5.74, 6) is 1.03. The fraction of sp³-hybridized carbons (Fsp3) is 0.190. The van der Waals surface area contributed by atoms with E-state index in [0.29, 0.717) is 31.3 Å². The maximum atomic E-state index is 12.3. The van der Waals surface area contributed by atoms with Gasteiger partial charge in [0.15, 0.2) is 0 Å². The first kappa shape index (κ1) is 17.0. The average Bonchev–Trinajstić information content (AvgIpc) is 3.08. The molecule has 0 radical (unpaired) electrons. The van der Waals surface area contributed by atoms with E-state index in [1.54, 1.807) is 17.2 Å². The molecular weight excluding hydrogens is 340 g/mol. The third kappa shape index (κ3) is 4.06. The molecule has 1 saturated heterocycles. The summed E-state index contributed by atoms with van der Waals surface area (Å²) >= 11 is 0. The van der Waals surface area contributed by atoms with E-state index < -0.39 is 0 Å². The number of aromatic nitrogens is 2. The molecule has 0 bridgehead atoms. The van der Waals surface area contributed by atoms with Crippen LogP contribution >= 0.6 is 0 Å². The summed E-state index contributed by atoms with van der Waals surface area (Å²) in [6, 6.07) is 21.7. The minimum atomic E-state index is -0.372. The van der Waals surface area contributed by atoms with Crippen LogP contribution in [-0.2, 0) is 17.7 Å². The van der Waals surface area contributed by atoms with Crippen molar-refractivity contribution in [3.8, 4) is 0 Å². The van der Waals surface area contributed by atoms with Gasteiger partial charge < -0.3 is 10.1 Å². The van der Waals surface area contributed by atoms with Crippen LogP contribution in [0.15, 0.2) is 72.9 Å². The molecule has 1 N–H and O–H groups in total. The van der Waals surface area contributed by atoms with Crippen molar-refractivity contribution in [3.05, 3.63) is 84.1 Å². The van der Waals surface area contributed by atoms with E-state index in [1.807, 2.05) is 60.7 Å². The molecule has 1 aromatic heterocycles. The second-order valence-electron chi connectivity index (χ2n) is 6.37. The Morgan fingerprint density at radius 3 is 2.44 bits per heavy atom. The van der Waals surface area contributed by atoms with E-state index in [1.165, 1.54) is 0 Å². The van der Waals surface area contributed by atoms with Gasteiger partial charge in [-0.3, -0.25) is 4.90 Å². The minimum Gasteiger partial charge on any atom is -0.447 e. The lowest BCUT2D eigenvalue weighted by molar-refractivity contribution is 0.178. The van der Waals surface area contributed by atoms with Crippen LogP contribution < -0.4 is 10.2 Å². The Bertz CT molecular complexity index is 902. The Morgan fingerprint density at radius 2 is 1.70 bits per heavy atom. The zero-order valence-electron chi connectivity index (χ0n) is 14.8. The monoisotopic (exact) mass is 360 g/mol. The molecule has 136 valence electrons. The first-order chi connectivity index (χ1) is 13.3. The number of carbonyl (C=O) groups is 1. The highest BCUT2D eigenvalue weighted by Gasteiger charge is 2.35. The van der Waals surface area contributed by atoms with Gasteiger partial charge in [0.05, 0.1) is 6.04 Å². The molecule has 1 amide bonds. The molecule has 0 saturated carbocycles. The van der Waals surface area contributed by atoms with Crippen LogP contribution in [0.2, 0.25) is 0 Å². The summed E-state index contributed by atoms with van der Waals surface area (Å²) in [7, 11) is 0. The SMILES string of the molecule is O=C1OC[C@@H](Cc2ccccc2)N1c1ccnc(NCc2ccccc2)n1. The van der Waals surface area contributed by atoms with E-state index in [-0.39, 0.29) is 12.1 Å². The van der Waals surface area contributed by atoms with Crippen molar-refractivity contribution < 1.29 is 9.53 Å². The molecule has 2 heterocycles. The van der Waals surface area contributed by atoms with Crippen molar-refractivity contribution in [1.82, 2.24) is 9.97 Å². The van der Waals surface area contributed by atoms with Crippen LogP contribution in [0, 0.1) is 0 Å². The molecule has 1 atom stereocenters. The maximum absolute atomic E-state index is 12.3. The summed E-state index contributed by atoms with van der Waals surface area (Å²) in [4.78, 5) is 22.7. The number of nitrogens with one attached hydrogen (secondary N) is 1. The van der Waals surface area contributed by atoms with E-state index in [9.17, 15) is 4.79 Å². The normalized spacial score (nSPS) is 16.2. The van der Waals surface area contributed by atoms with Crippen molar-refractivity contribution in [2.24, 2.45) is 0 Å². The Balaban J connectivity index is 1.50. The van der Waals surface area contributed by atoms with Gasteiger partial charge in [-0.25, -0.2) is 9.78 Å². The van der Waals surface area contributed by atoms with E-state index >= 15 is 0 Å². The number of nitrogens with zero attached hydrogens (tertiary/aromatic N) is 3. The van der Waals surface area contributed by atoms with Crippen LogP contribution in [0.3, 0.4) is 0 Å². The number of cyclic esters (lactones) is 1. The van der Waals surface area contributed by atoms with Crippen molar-refractivity contribution in [2.45, 2.75) is 19.0 Å². The molecule has 4 rings (SSSR count). The van der Waals surface area contributed by atoms with Crippen LogP contribution in [0.4, 0.5) is 16.6 Å². The lowest BCUT2D eigenvalue weighted by Crippen LogP contribution is -2.35. The number of ether oxygens (including phenoxy) is 1. The van der Waals surface area contributed by atoms with Gasteiger partial charge in [0, 0.05) is 12.7 Å². The molecule has 1 aliphatic rings. The molecule has 0 unspecified atom stereocenters. The van der Waals surface area contributed by atoms with E-state index in [0.717, 1.165) is 11.1 Å². The van der Waals surface area contributed by atoms with Crippen LogP contribution in [-0.4, -0.2) is 28.7 Å². The molecular formula is C21H20N4O2. The Labute approximate surface area is 157 Å². The molecule has 6 nitrogen and oxygen atoms in total. The Kier molecular flexibility index (Phi) is 4.96. The Morgan fingerprint density at radius 1 is 1.00 bits per heavy atom. The maximum Gasteiger partial charge on any atom is 0.415 e. The van der Waals surface area contributed by atoms with Gasteiger partial charge in [-0.05, 0) is 23.6 Å². The topological polar surface area (TPSA) is 67.3 Å². The smallest absolute Gasteiger partial charge is 0.415 e. The number of rotatable bonds is 6. The molecule has 0 aliphatic carbocycles. The molecule has 3 aromatic rings. The highest BCUT2D eigenvalue weighted by atomic mass is 16.6. The number of amides is 1. The van der Waals surface area contributed by atoms with Gasteiger partial charge in [0.2, 0.25) is 5.95 Å². The number of hydrogen-bond donors (Lipinski definition) is 1. The second-order valence-corrected chi connectivity index (χ2v) is 6.37. The summed E-state index contributed by atoms with van der Waals surface area (Å²) < 4.78 is 5.28. The first-order valence-corrected chi connectivity index (χ1v) is 8.90. The average molecular weight is 360 g/mol. The molecule has 0 spiro atoms. The van der Waals surface area contributed by atoms with Crippen molar-refractivity contribution >= 4 is 17.9 Å². The van der Waals surface area contributed by atoms with Gasteiger partial charge in [0.25, 0.3) is 0 Å². The molecule has 6 heteroatoms. The zero-order chi connectivity index (χ0) is 18.5. The fourth-order valence-corrected chi connectivity index (χ4v) is 3.12. The fourth-order valence-electron chi connectivity index (χ4n) is 3.12. The number of carbonyl (C=O) groups excluding carboxylic acids is 1. The summed E-state index contributed by atoms with van der Waals surface area (Å²) in [6.07, 6.45) is 1.99. The van der Waals surface area contributed by atoms with Gasteiger partial charge in [-0.1, -0.05) is 60.7 Å². The van der Waals surface area contributed by atoms with Crippen LogP contribution in [0.1, 0.15) is 11.1 Å². The van der Waals surface area contributed by atoms with Crippen molar-refractivity contribution in [3.63, 3.8) is 0 Å². The van der Waals surface area contributed by atoms with Crippen molar-refractivity contribution in [2.75, 3.05) is 16.8 Å².